The van der Waals surface area contributed by atoms with Crippen LogP contribution >= 0.6 is 11.8 Å². The van der Waals surface area contributed by atoms with Gasteiger partial charge in [-0.1, -0.05) is 17.8 Å². The van der Waals surface area contributed by atoms with Crippen LogP contribution < -0.4 is 14.8 Å². The van der Waals surface area contributed by atoms with Gasteiger partial charge in [0.1, 0.15) is 11.3 Å². The number of benzene rings is 3. The Morgan fingerprint density at radius 3 is 2.56 bits per heavy atom. The third-order valence-corrected chi connectivity index (χ3v) is 7.29. The number of carbonyl (C=O) groups is 1. The van der Waals surface area contributed by atoms with Crippen LogP contribution in [0, 0.1) is 10.1 Å². The van der Waals surface area contributed by atoms with Crippen molar-refractivity contribution in [2.24, 2.45) is 0 Å². The van der Waals surface area contributed by atoms with E-state index in [2.05, 4.69) is 15.0 Å². The van der Waals surface area contributed by atoms with Crippen molar-refractivity contribution in [3.05, 3.63) is 76.8 Å². The van der Waals surface area contributed by atoms with Gasteiger partial charge in [-0.15, -0.1) is 0 Å². The molecule has 0 saturated carbocycles. The molecule has 0 radical (unpaired) electrons. The number of non-ortho nitro benzene ring substituents is 1. The number of methoxy groups -OCH3 is 1. The monoisotopic (exact) mass is 528 g/mol. The second kappa shape index (κ2) is 10.3. The third-order valence-electron chi connectivity index (χ3n) is 4.96. The van der Waals surface area contributed by atoms with Crippen molar-refractivity contribution < 1.29 is 27.3 Å². The van der Waals surface area contributed by atoms with Crippen molar-refractivity contribution >= 4 is 55.9 Å². The predicted molar refractivity (Wildman–Crippen MR) is 135 cm³/mol. The van der Waals surface area contributed by atoms with Crippen LogP contribution in [0.15, 0.2) is 81.3 Å². The van der Waals surface area contributed by atoms with Crippen LogP contribution in [0.4, 0.5) is 17.1 Å². The van der Waals surface area contributed by atoms with Gasteiger partial charge in [0.2, 0.25) is 5.91 Å². The summed E-state index contributed by atoms with van der Waals surface area (Å²) >= 11 is 1.03. The van der Waals surface area contributed by atoms with Crippen LogP contribution in [0.5, 0.6) is 5.75 Å². The number of thioether (sulfide) groups is 1. The van der Waals surface area contributed by atoms with Crippen LogP contribution in [-0.4, -0.2) is 36.6 Å². The van der Waals surface area contributed by atoms with E-state index >= 15 is 0 Å². The highest BCUT2D eigenvalue weighted by atomic mass is 32.2. The minimum Gasteiger partial charge on any atom is -0.497 e. The van der Waals surface area contributed by atoms with Crippen LogP contribution in [0.1, 0.15) is 6.92 Å². The molecule has 1 atom stereocenters. The molecule has 1 heterocycles. The number of carbonyl (C=O) groups excluding carboxylic acids is 1. The number of nitro groups is 1. The van der Waals surface area contributed by atoms with Crippen molar-refractivity contribution in [3.8, 4) is 5.75 Å². The number of ether oxygens (including phenoxy) is 1. The molecule has 0 aliphatic rings. The summed E-state index contributed by atoms with van der Waals surface area (Å²) in [5, 5.41) is 13.1. The number of nitrogens with zero attached hydrogens (tertiary/aromatic N) is 2. The second-order valence-electron chi connectivity index (χ2n) is 7.50. The predicted octanol–water partition coefficient (Wildman–Crippen LogP) is 4.66. The number of nitro benzene ring substituents is 1. The SMILES string of the molecule is COc1ccc(NS(=O)(=O)c2ccc3oc(SC(C)C(=O)Nc4cccc([N+](=O)[O-])c4)nc3c2)cc1. The van der Waals surface area contributed by atoms with E-state index in [1.807, 2.05) is 0 Å². The number of hydrogen-bond acceptors (Lipinski definition) is 9. The highest BCUT2D eigenvalue weighted by Crippen LogP contribution is 2.29. The number of aromatic nitrogens is 1. The van der Waals surface area contributed by atoms with E-state index in [4.69, 9.17) is 9.15 Å². The molecule has 0 saturated heterocycles. The average molecular weight is 529 g/mol. The van der Waals surface area contributed by atoms with Gasteiger partial charge in [0.25, 0.3) is 20.9 Å². The largest absolute Gasteiger partial charge is 0.497 e. The van der Waals surface area contributed by atoms with Crippen molar-refractivity contribution in [2.75, 3.05) is 17.1 Å². The van der Waals surface area contributed by atoms with Crippen LogP contribution in [0.2, 0.25) is 0 Å². The molecule has 0 spiro atoms. The number of anilines is 2. The summed E-state index contributed by atoms with van der Waals surface area (Å²) in [7, 11) is -2.37. The average Bonchev–Trinajstić information content (AvgIpc) is 3.26. The number of sulfonamides is 1. The lowest BCUT2D eigenvalue weighted by atomic mass is 10.2. The molecule has 36 heavy (non-hydrogen) atoms. The van der Waals surface area contributed by atoms with E-state index in [0.29, 0.717) is 28.2 Å². The first-order valence-electron chi connectivity index (χ1n) is 10.4. The Morgan fingerprint density at radius 2 is 1.86 bits per heavy atom. The van der Waals surface area contributed by atoms with E-state index in [1.54, 1.807) is 37.3 Å². The molecule has 4 aromatic rings. The fourth-order valence-corrected chi connectivity index (χ4v) is 4.96. The zero-order chi connectivity index (χ0) is 25.9. The molecule has 3 aromatic carbocycles. The molecule has 1 amide bonds. The molecule has 0 aliphatic heterocycles. The van der Waals surface area contributed by atoms with E-state index in [9.17, 15) is 23.3 Å². The molecular formula is C23H20N4O7S2. The lowest BCUT2D eigenvalue weighted by Crippen LogP contribution is -2.22. The van der Waals surface area contributed by atoms with Crippen molar-refractivity contribution in [2.45, 2.75) is 22.3 Å². The van der Waals surface area contributed by atoms with Gasteiger partial charge in [-0.05, 0) is 55.5 Å². The van der Waals surface area contributed by atoms with E-state index < -0.39 is 26.1 Å². The van der Waals surface area contributed by atoms with Crippen molar-refractivity contribution in [3.63, 3.8) is 0 Å². The molecule has 4 rings (SSSR count). The van der Waals surface area contributed by atoms with Crippen LogP contribution in [-0.2, 0) is 14.8 Å². The first kappa shape index (κ1) is 25.0. The summed E-state index contributed by atoms with van der Waals surface area (Å²) in [5.74, 6) is 0.190. The summed E-state index contributed by atoms with van der Waals surface area (Å²) in [6.07, 6.45) is 0. The Bertz CT molecular complexity index is 1540. The number of fused-ring (bicyclic) bond motifs is 1. The Balaban J connectivity index is 1.46. The van der Waals surface area contributed by atoms with Gasteiger partial charge < -0.3 is 14.5 Å². The van der Waals surface area contributed by atoms with Crippen LogP contribution in [0.3, 0.4) is 0 Å². The molecule has 11 nitrogen and oxygen atoms in total. The highest BCUT2D eigenvalue weighted by molar-refractivity contribution is 8.00. The smallest absolute Gasteiger partial charge is 0.271 e. The standard InChI is InChI=1S/C23H20N4O7S2/c1-14(22(28)24-16-4-3-5-17(12-16)27(29)30)35-23-25-20-13-19(10-11-21(20)34-23)36(31,32)26-15-6-8-18(33-2)9-7-15/h3-14,26H,1-2H3,(H,24,28). The summed E-state index contributed by atoms with van der Waals surface area (Å²) in [4.78, 5) is 27.2. The Morgan fingerprint density at radius 1 is 1.11 bits per heavy atom. The van der Waals surface area contributed by atoms with Gasteiger partial charge in [-0.3, -0.25) is 19.6 Å². The quantitative estimate of drug-likeness (QED) is 0.179. The molecule has 0 bridgehead atoms. The lowest BCUT2D eigenvalue weighted by molar-refractivity contribution is -0.384. The number of rotatable bonds is 9. The summed E-state index contributed by atoms with van der Waals surface area (Å²) in [5.41, 5.74) is 1.18. The van der Waals surface area contributed by atoms with E-state index in [0.717, 1.165) is 11.8 Å². The molecule has 0 aliphatic carbocycles. The minimum atomic E-state index is -3.89. The van der Waals surface area contributed by atoms with Crippen molar-refractivity contribution in [1.82, 2.24) is 4.98 Å². The molecule has 1 aromatic heterocycles. The van der Waals surface area contributed by atoms with Gasteiger partial charge in [-0.2, -0.15) is 0 Å². The maximum atomic E-state index is 12.8. The Labute approximate surface area is 210 Å². The third kappa shape index (κ3) is 5.75. The minimum absolute atomic E-state index is 0.00729. The van der Waals surface area contributed by atoms with Gasteiger partial charge in [-0.25, -0.2) is 13.4 Å². The van der Waals surface area contributed by atoms with E-state index in [-0.39, 0.29) is 15.8 Å². The zero-order valence-electron chi connectivity index (χ0n) is 19.0. The second-order valence-corrected chi connectivity index (χ2v) is 10.5. The van der Waals surface area contributed by atoms with Crippen LogP contribution in [0.25, 0.3) is 11.1 Å². The molecule has 186 valence electrons. The Kier molecular flexibility index (Phi) is 7.12. The van der Waals surface area contributed by atoms with Gasteiger partial charge in [0.15, 0.2) is 5.58 Å². The molecule has 0 fully saturated rings. The lowest BCUT2D eigenvalue weighted by Gasteiger charge is -2.09. The fourth-order valence-electron chi connectivity index (χ4n) is 3.12. The number of hydrogen-bond donors (Lipinski definition) is 2. The van der Waals surface area contributed by atoms with Gasteiger partial charge >= 0.3 is 0 Å². The van der Waals surface area contributed by atoms with Gasteiger partial charge in [0.05, 0.1) is 22.2 Å². The zero-order valence-corrected chi connectivity index (χ0v) is 20.6. The molecule has 2 N–H and O–H groups in total. The van der Waals surface area contributed by atoms with E-state index in [1.165, 1.54) is 43.5 Å². The first-order valence-corrected chi connectivity index (χ1v) is 12.8. The normalized spacial score (nSPS) is 12.2. The number of amides is 1. The summed E-state index contributed by atoms with van der Waals surface area (Å²) in [6.45, 7) is 1.63. The maximum absolute atomic E-state index is 12.8. The van der Waals surface area contributed by atoms with Crippen molar-refractivity contribution in [1.29, 1.82) is 0 Å². The molecular weight excluding hydrogens is 508 g/mol. The topological polar surface area (TPSA) is 154 Å². The van der Waals surface area contributed by atoms with Gasteiger partial charge in [0, 0.05) is 23.5 Å². The summed E-state index contributed by atoms with van der Waals surface area (Å²) in [6, 6.07) is 16.3. The maximum Gasteiger partial charge on any atom is 0.271 e. The number of oxazole rings is 1. The fraction of sp³-hybridized carbons (Fsp3) is 0.130. The first-order chi connectivity index (χ1) is 17.1. The summed E-state index contributed by atoms with van der Waals surface area (Å²) < 4.78 is 38.8. The Hall–Kier alpha value is -4.10. The number of nitrogens with one attached hydrogen (secondary N) is 2. The molecule has 13 heteroatoms. The molecule has 1 unspecified atom stereocenters. The highest BCUT2D eigenvalue weighted by Gasteiger charge is 2.21.